The molecule has 1 aliphatic rings. The first-order valence-electron chi connectivity index (χ1n) is 6.93. The third-order valence-corrected chi connectivity index (χ3v) is 5.54. The minimum Gasteiger partial charge on any atom is -0.823 e. The van der Waals surface area contributed by atoms with Gasteiger partial charge in [0, 0.05) is 0 Å². The van der Waals surface area contributed by atoms with Crippen molar-refractivity contribution in [2.24, 2.45) is 0 Å². The van der Waals surface area contributed by atoms with Crippen molar-refractivity contribution in [2.45, 2.75) is 37.8 Å². The summed E-state index contributed by atoms with van der Waals surface area (Å²) in [6, 6.07) is 1.54. The molecule has 0 aliphatic heterocycles. The molecule has 1 saturated carbocycles. The zero-order chi connectivity index (χ0) is 15.4. The van der Waals surface area contributed by atoms with Gasteiger partial charge < -0.3 is 14.6 Å². The second-order valence-electron chi connectivity index (χ2n) is 5.01. The number of methoxy groups -OCH3 is 2. The molecule has 6 heteroatoms. The summed E-state index contributed by atoms with van der Waals surface area (Å²) < 4.78 is 10.6. The molecule has 1 aromatic rings. The van der Waals surface area contributed by atoms with Crippen molar-refractivity contribution >= 4 is 36.9 Å². The molecule has 0 N–H and O–H groups in total. The summed E-state index contributed by atoms with van der Waals surface area (Å²) in [5.41, 5.74) is 0.711. The second kappa shape index (κ2) is 7.69. The van der Waals surface area contributed by atoms with Crippen molar-refractivity contribution in [3.05, 3.63) is 21.7 Å². The fourth-order valence-corrected chi connectivity index (χ4v) is 4.52. The molecule has 0 atom stereocenters. The second-order valence-corrected chi connectivity index (χ2v) is 7.22. The topological polar surface area (TPSA) is 41.5 Å². The molecule has 0 radical (unpaired) electrons. The van der Waals surface area contributed by atoms with Crippen LogP contribution in [-0.2, 0) is 0 Å². The van der Waals surface area contributed by atoms with Crippen LogP contribution in [0.4, 0.5) is 0 Å². The van der Waals surface area contributed by atoms with Gasteiger partial charge in [0.25, 0.3) is 0 Å². The van der Waals surface area contributed by atoms with Crippen molar-refractivity contribution in [2.75, 3.05) is 14.2 Å². The third kappa shape index (κ3) is 3.84. The molecule has 0 heterocycles. The van der Waals surface area contributed by atoms with Crippen LogP contribution in [0.25, 0.3) is 0 Å². The lowest BCUT2D eigenvalue weighted by Gasteiger charge is -2.24. The number of hydrogen-bond acceptors (Lipinski definition) is 3. The summed E-state index contributed by atoms with van der Waals surface area (Å²) in [4.78, 5) is 0. The number of benzene rings is 1. The first-order chi connectivity index (χ1) is 10.1. The van der Waals surface area contributed by atoms with Crippen LogP contribution in [0, 0.1) is 0 Å². The number of rotatable bonds is 4. The highest BCUT2D eigenvalue weighted by molar-refractivity contribution is 7.41. The Kier molecular flexibility index (Phi) is 6.19. The van der Waals surface area contributed by atoms with E-state index in [0.29, 0.717) is 32.8 Å². The number of ether oxygens (including phenoxy) is 2. The summed E-state index contributed by atoms with van der Waals surface area (Å²) in [5.74, 6) is 0.678. The summed E-state index contributed by atoms with van der Waals surface area (Å²) in [7, 11) is 3.75. The van der Waals surface area contributed by atoms with Crippen LogP contribution in [0.5, 0.6) is 11.5 Å². The van der Waals surface area contributed by atoms with Crippen LogP contribution in [0.1, 0.15) is 37.7 Å². The fourth-order valence-electron chi connectivity index (χ4n) is 2.62. The maximum Gasteiger partial charge on any atom is 0.147 e. The van der Waals surface area contributed by atoms with E-state index in [1.54, 1.807) is 0 Å². The lowest BCUT2D eigenvalue weighted by molar-refractivity contribution is -0.207. The van der Waals surface area contributed by atoms with Crippen molar-refractivity contribution in [1.82, 2.24) is 0 Å². The molecule has 0 aromatic heterocycles. The Labute approximate surface area is 137 Å². The maximum atomic E-state index is 12.7. The zero-order valence-electron chi connectivity index (χ0n) is 12.1. The zero-order valence-corrected chi connectivity index (χ0v) is 14.5. The first kappa shape index (κ1) is 16.9. The lowest BCUT2D eigenvalue weighted by Crippen LogP contribution is -2.21. The fraction of sp³-hybridized carbons (Fsp3) is 0.533. The van der Waals surface area contributed by atoms with Crippen molar-refractivity contribution in [3.8, 4) is 11.5 Å². The van der Waals surface area contributed by atoms with Gasteiger partial charge in [-0.2, -0.15) is 0 Å². The van der Waals surface area contributed by atoms with Gasteiger partial charge in [0.05, 0.1) is 29.8 Å². The van der Waals surface area contributed by atoms with E-state index in [1.807, 2.05) is 0 Å². The molecule has 0 amide bonds. The predicted octanol–water partition coefficient (Wildman–Crippen LogP) is 4.13. The van der Waals surface area contributed by atoms with E-state index >= 15 is 0 Å². The van der Waals surface area contributed by atoms with Crippen LogP contribution < -0.4 is 14.6 Å². The molecular weight excluding hydrogens is 330 g/mol. The Morgan fingerprint density at radius 2 is 1.62 bits per heavy atom. The smallest absolute Gasteiger partial charge is 0.147 e. The van der Waals surface area contributed by atoms with Crippen LogP contribution >= 0.6 is 31.4 Å². The van der Waals surface area contributed by atoms with Gasteiger partial charge in [-0.3, -0.25) is 0 Å². The molecule has 1 aliphatic carbocycles. The minimum absolute atomic E-state index is 0.0417. The number of hydrogen-bond donors (Lipinski definition) is 0. The molecule has 21 heavy (non-hydrogen) atoms. The van der Waals surface area contributed by atoms with Gasteiger partial charge in [0.2, 0.25) is 0 Å². The van der Waals surface area contributed by atoms with E-state index in [4.69, 9.17) is 32.7 Å². The molecule has 1 fully saturated rings. The quantitative estimate of drug-likeness (QED) is 0.769. The van der Waals surface area contributed by atoms with E-state index in [-0.39, 0.29) is 5.48 Å². The Bertz CT molecular complexity index is 512. The molecule has 0 unspecified atom stereocenters. The molecule has 2 rings (SSSR count). The minimum atomic E-state index is -0.0417. The van der Waals surface area contributed by atoms with Crippen LogP contribution in [0.2, 0.25) is 10.0 Å². The highest BCUT2D eigenvalue weighted by Gasteiger charge is 2.19. The largest absolute Gasteiger partial charge is 0.823 e. The van der Waals surface area contributed by atoms with E-state index in [9.17, 15) is 5.11 Å². The van der Waals surface area contributed by atoms with E-state index in [2.05, 4.69) is 0 Å². The Balaban J connectivity index is 2.47. The Hall–Kier alpha value is -0.470. The van der Waals surface area contributed by atoms with E-state index in [1.165, 1.54) is 39.5 Å². The van der Waals surface area contributed by atoms with Crippen LogP contribution in [-0.4, -0.2) is 25.4 Å². The van der Waals surface area contributed by atoms with Gasteiger partial charge >= 0.3 is 0 Å². The van der Waals surface area contributed by atoms with Crippen molar-refractivity contribution < 1.29 is 14.6 Å². The predicted molar refractivity (Wildman–Crippen MR) is 87.5 cm³/mol. The molecule has 1 aromatic carbocycles. The van der Waals surface area contributed by atoms with Gasteiger partial charge in [0.1, 0.15) is 11.5 Å². The van der Waals surface area contributed by atoms with Crippen molar-refractivity contribution in [3.63, 3.8) is 0 Å². The first-order valence-corrected chi connectivity index (χ1v) is 8.65. The molecule has 0 saturated heterocycles. The molecule has 0 bridgehead atoms. The monoisotopic (exact) mass is 347 g/mol. The highest BCUT2D eigenvalue weighted by atomic mass is 35.5. The van der Waals surface area contributed by atoms with E-state index < -0.39 is 0 Å². The summed E-state index contributed by atoms with van der Waals surface area (Å²) in [6.45, 7) is 0. The normalized spacial score (nSPS) is 16.9. The average Bonchev–Trinajstić information content (AvgIpc) is 2.47. The SMILES string of the molecule is COc1c(Cl)cc(Cl)c(OC)c1C([O-])=PC1CCCCC1. The third-order valence-electron chi connectivity index (χ3n) is 3.64. The van der Waals surface area contributed by atoms with Crippen molar-refractivity contribution in [1.29, 1.82) is 0 Å². The van der Waals surface area contributed by atoms with Gasteiger partial charge in [-0.25, -0.2) is 0 Å². The highest BCUT2D eigenvalue weighted by Crippen LogP contribution is 2.42. The van der Waals surface area contributed by atoms with Gasteiger partial charge in [-0.1, -0.05) is 42.5 Å². The number of halogens is 2. The van der Waals surface area contributed by atoms with Gasteiger partial charge in [-0.05, 0) is 24.6 Å². The molecule has 116 valence electrons. The standard InChI is InChI=1S/C15H19Cl2O3P/c1-19-13-10(16)8-11(17)14(20-2)12(13)15(18)21-9-6-4-3-5-7-9/h8-9,18H,3-7H2,1-2H3/p-1. The molecule has 0 spiro atoms. The lowest BCUT2D eigenvalue weighted by atomic mass is 10.0. The molecule has 3 nitrogen and oxygen atoms in total. The summed E-state index contributed by atoms with van der Waals surface area (Å²) in [5, 5.41) is 13.3. The summed E-state index contributed by atoms with van der Waals surface area (Å²) >= 11 is 12.3. The van der Waals surface area contributed by atoms with Gasteiger partial charge in [-0.15, -0.1) is 13.7 Å². The Morgan fingerprint density at radius 3 is 2.10 bits per heavy atom. The maximum absolute atomic E-state index is 12.7. The van der Waals surface area contributed by atoms with E-state index in [0.717, 1.165) is 21.0 Å². The Morgan fingerprint density at radius 1 is 1.10 bits per heavy atom. The van der Waals surface area contributed by atoms with Crippen LogP contribution in [0.15, 0.2) is 6.07 Å². The van der Waals surface area contributed by atoms with Gasteiger partial charge in [0.15, 0.2) is 0 Å². The summed E-state index contributed by atoms with van der Waals surface area (Å²) in [6.07, 6.45) is 5.82. The van der Waals surface area contributed by atoms with Crippen LogP contribution in [0.3, 0.4) is 0 Å². The molecular formula is C15H18Cl2O3P-. The average molecular weight is 348 g/mol.